The highest BCUT2D eigenvalue weighted by molar-refractivity contribution is 7.92. The molecule has 0 amide bonds. The van der Waals surface area contributed by atoms with Crippen molar-refractivity contribution in [3.63, 3.8) is 0 Å². The van der Waals surface area contributed by atoms with Crippen molar-refractivity contribution >= 4 is 9.84 Å². The van der Waals surface area contributed by atoms with Crippen molar-refractivity contribution in [1.82, 2.24) is 5.32 Å². The second-order valence-corrected chi connectivity index (χ2v) is 7.16. The van der Waals surface area contributed by atoms with E-state index in [9.17, 15) is 8.42 Å². The maximum absolute atomic E-state index is 12.6. The Labute approximate surface area is 110 Å². The lowest BCUT2D eigenvalue weighted by molar-refractivity contribution is 0.433. The molecule has 1 N–H and O–H groups in total. The summed E-state index contributed by atoms with van der Waals surface area (Å²) >= 11 is 0. The fourth-order valence-corrected chi connectivity index (χ4v) is 4.99. The molecule has 3 unspecified atom stereocenters. The van der Waals surface area contributed by atoms with Crippen molar-refractivity contribution in [3.05, 3.63) is 30.3 Å². The molecule has 0 saturated heterocycles. The van der Waals surface area contributed by atoms with Crippen LogP contribution in [0.5, 0.6) is 0 Å². The van der Waals surface area contributed by atoms with Gasteiger partial charge in [-0.05, 0) is 37.4 Å². The van der Waals surface area contributed by atoms with Gasteiger partial charge in [-0.15, -0.1) is 0 Å². The second-order valence-electron chi connectivity index (χ2n) is 5.00. The lowest BCUT2D eigenvalue weighted by Crippen LogP contribution is -2.36. The summed E-state index contributed by atoms with van der Waals surface area (Å²) in [4.78, 5) is 0.457. The van der Waals surface area contributed by atoms with Crippen LogP contribution < -0.4 is 5.32 Å². The SMILES string of the molecule is CCNC1CCC(S(=O)(=O)c2ccccc2)C1C. The molecule has 1 aromatic carbocycles. The molecule has 0 spiro atoms. The quantitative estimate of drug-likeness (QED) is 0.910. The minimum Gasteiger partial charge on any atom is -0.314 e. The molecular formula is C14H21NO2S. The molecule has 1 aliphatic carbocycles. The van der Waals surface area contributed by atoms with Crippen LogP contribution >= 0.6 is 0 Å². The van der Waals surface area contributed by atoms with Crippen molar-refractivity contribution in [1.29, 1.82) is 0 Å². The summed E-state index contributed by atoms with van der Waals surface area (Å²) in [5.41, 5.74) is 0. The number of nitrogens with one attached hydrogen (secondary N) is 1. The van der Waals surface area contributed by atoms with Gasteiger partial charge in [0.1, 0.15) is 0 Å². The Morgan fingerprint density at radius 1 is 1.22 bits per heavy atom. The molecule has 1 fully saturated rings. The van der Waals surface area contributed by atoms with Gasteiger partial charge in [0.2, 0.25) is 0 Å². The fraction of sp³-hybridized carbons (Fsp3) is 0.571. The molecular weight excluding hydrogens is 246 g/mol. The van der Waals surface area contributed by atoms with E-state index < -0.39 is 9.84 Å². The second kappa shape index (κ2) is 5.41. The molecule has 0 aliphatic heterocycles. The predicted octanol–water partition coefficient (Wildman–Crippen LogP) is 2.24. The summed E-state index contributed by atoms with van der Waals surface area (Å²) in [6.07, 6.45) is 1.71. The average Bonchev–Trinajstić information content (AvgIpc) is 2.73. The van der Waals surface area contributed by atoms with Gasteiger partial charge in [0.15, 0.2) is 9.84 Å². The smallest absolute Gasteiger partial charge is 0.181 e. The Kier molecular flexibility index (Phi) is 4.07. The highest BCUT2D eigenvalue weighted by Crippen LogP contribution is 2.34. The third-order valence-electron chi connectivity index (χ3n) is 3.92. The molecule has 1 aromatic rings. The first-order valence-corrected chi connectivity index (χ1v) is 8.14. The van der Waals surface area contributed by atoms with Crippen molar-refractivity contribution in [2.45, 2.75) is 42.9 Å². The minimum absolute atomic E-state index is 0.176. The first-order chi connectivity index (χ1) is 8.57. The Bertz CT molecular complexity index is 484. The van der Waals surface area contributed by atoms with Crippen LogP contribution in [0.4, 0.5) is 0 Å². The lowest BCUT2D eigenvalue weighted by atomic mass is 10.1. The van der Waals surface area contributed by atoms with Crippen LogP contribution in [-0.4, -0.2) is 26.3 Å². The topological polar surface area (TPSA) is 46.2 Å². The van der Waals surface area contributed by atoms with Gasteiger partial charge < -0.3 is 5.32 Å². The number of sulfone groups is 1. The lowest BCUT2D eigenvalue weighted by Gasteiger charge is -2.21. The monoisotopic (exact) mass is 267 g/mol. The Balaban J connectivity index is 2.22. The van der Waals surface area contributed by atoms with E-state index in [2.05, 4.69) is 12.2 Å². The minimum atomic E-state index is -3.18. The van der Waals surface area contributed by atoms with E-state index in [4.69, 9.17) is 0 Å². The molecule has 0 heterocycles. The van der Waals surface area contributed by atoms with Gasteiger partial charge in [-0.25, -0.2) is 8.42 Å². The predicted molar refractivity (Wildman–Crippen MR) is 73.3 cm³/mol. The molecule has 2 rings (SSSR count). The van der Waals surface area contributed by atoms with Gasteiger partial charge in [0.05, 0.1) is 10.1 Å². The molecule has 0 bridgehead atoms. The number of benzene rings is 1. The van der Waals surface area contributed by atoms with Crippen LogP contribution in [0.2, 0.25) is 0 Å². The van der Waals surface area contributed by atoms with E-state index in [0.29, 0.717) is 10.9 Å². The van der Waals surface area contributed by atoms with Gasteiger partial charge in [-0.3, -0.25) is 0 Å². The summed E-state index contributed by atoms with van der Waals surface area (Å²) < 4.78 is 25.1. The summed E-state index contributed by atoms with van der Waals surface area (Å²) in [7, 11) is -3.18. The third-order valence-corrected chi connectivity index (χ3v) is 6.31. The van der Waals surface area contributed by atoms with Gasteiger partial charge >= 0.3 is 0 Å². The van der Waals surface area contributed by atoms with Crippen LogP contribution in [0.1, 0.15) is 26.7 Å². The van der Waals surface area contributed by atoms with Gasteiger partial charge in [-0.2, -0.15) is 0 Å². The van der Waals surface area contributed by atoms with Crippen molar-refractivity contribution < 1.29 is 8.42 Å². The molecule has 1 aliphatic rings. The molecule has 1 saturated carbocycles. The molecule has 0 aromatic heterocycles. The van der Waals surface area contributed by atoms with Gasteiger partial charge in [-0.1, -0.05) is 32.0 Å². The van der Waals surface area contributed by atoms with E-state index in [1.54, 1.807) is 24.3 Å². The zero-order valence-corrected chi connectivity index (χ0v) is 11.8. The van der Waals surface area contributed by atoms with Crippen molar-refractivity contribution in [2.24, 2.45) is 5.92 Å². The zero-order valence-electron chi connectivity index (χ0n) is 11.0. The van der Waals surface area contributed by atoms with E-state index in [-0.39, 0.29) is 11.2 Å². The number of hydrogen-bond donors (Lipinski definition) is 1. The Morgan fingerprint density at radius 3 is 2.50 bits per heavy atom. The van der Waals surface area contributed by atoms with E-state index in [1.807, 2.05) is 13.0 Å². The molecule has 3 atom stereocenters. The average molecular weight is 267 g/mol. The first kappa shape index (κ1) is 13.6. The molecule has 0 radical (unpaired) electrons. The van der Waals surface area contributed by atoms with E-state index in [0.717, 1.165) is 19.4 Å². The van der Waals surface area contributed by atoms with Crippen molar-refractivity contribution in [2.75, 3.05) is 6.54 Å². The van der Waals surface area contributed by atoms with Crippen molar-refractivity contribution in [3.8, 4) is 0 Å². The zero-order chi connectivity index (χ0) is 13.2. The molecule has 100 valence electrons. The normalized spacial score (nSPS) is 28.4. The molecule has 3 nitrogen and oxygen atoms in total. The van der Waals surface area contributed by atoms with Crippen LogP contribution in [0.15, 0.2) is 35.2 Å². The van der Waals surface area contributed by atoms with Crippen LogP contribution in [0, 0.1) is 5.92 Å². The van der Waals surface area contributed by atoms with Crippen LogP contribution in [-0.2, 0) is 9.84 Å². The highest BCUT2D eigenvalue weighted by atomic mass is 32.2. The largest absolute Gasteiger partial charge is 0.314 e. The molecule has 4 heteroatoms. The standard InChI is InChI=1S/C14H21NO2S/c1-3-15-13-9-10-14(11(13)2)18(16,17)12-7-5-4-6-8-12/h4-8,11,13-15H,3,9-10H2,1-2H3. The maximum Gasteiger partial charge on any atom is 0.181 e. The number of rotatable bonds is 4. The Hall–Kier alpha value is -0.870. The van der Waals surface area contributed by atoms with Crippen LogP contribution in [0.3, 0.4) is 0 Å². The maximum atomic E-state index is 12.6. The third kappa shape index (κ3) is 2.45. The number of hydrogen-bond acceptors (Lipinski definition) is 3. The van der Waals surface area contributed by atoms with E-state index in [1.165, 1.54) is 0 Å². The fourth-order valence-electron chi connectivity index (χ4n) is 2.90. The van der Waals surface area contributed by atoms with Gasteiger partial charge in [0.25, 0.3) is 0 Å². The van der Waals surface area contributed by atoms with Crippen LogP contribution in [0.25, 0.3) is 0 Å². The summed E-state index contributed by atoms with van der Waals surface area (Å²) in [5.74, 6) is 0.176. The summed E-state index contributed by atoms with van der Waals surface area (Å²) in [5, 5.41) is 3.14. The summed E-state index contributed by atoms with van der Waals surface area (Å²) in [6.45, 7) is 5.00. The summed E-state index contributed by atoms with van der Waals surface area (Å²) in [6, 6.07) is 9.14. The van der Waals surface area contributed by atoms with E-state index >= 15 is 0 Å². The first-order valence-electron chi connectivity index (χ1n) is 6.59. The highest BCUT2D eigenvalue weighted by Gasteiger charge is 2.40. The van der Waals surface area contributed by atoms with Gasteiger partial charge in [0, 0.05) is 6.04 Å². The Morgan fingerprint density at radius 2 is 1.89 bits per heavy atom. The molecule has 18 heavy (non-hydrogen) atoms.